The normalized spacial score (nSPS) is 18.2. The van der Waals surface area contributed by atoms with Crippen LogP contribution in [0.4, 0.5) is 0 Å². The Morgan fingerprint density at radius 2 is 2.29 bits per heavy atom. The van der Waals surface area contributed by atoms with Gasteiger partial charge in [-0.1, -0.05) is 17.7 Å². The van der Waals surface area contributed by atoms with Crippen molar-refractivity contribution in [3.63, 3.8) is 0 Å². The fourth-order valence-corrected chi connectivity index (χ4v) is 3.48. The maximum absolute atomic E-state index is 13.2. The summed E-state index contributed by atoms with van der Waals surface area (Å²) in [5.41, 5.74) is 1.52. The third-order valence-electron chi connectivity index (χ3n) is 4.50. The molecule has 1 aliphatic heterocycles. The van der Waals surface area contributed by atoms with Crippen molar-refractivity contribution in [2.75, 3.05) is 13.1 Å². The molecule has 1 saturated heterocycles. The van der Waals surface area contributed by atoms with Crippen LogP contribution in [0.15, 0.2) is 36.7 Å². The summed E-state index contributed by atoms with van der Waals surface area (Å²) < 4.78 is 1.80. The van der Waals surface area contributed by atoms with Crippen LogP contribution in [-0.4, -0.2) is 39.5 Å². The molecule has 2 aromatic heterocycles. The minimum Gasteiger partial charge on any atom is -0.345 e. The molecule has 1 atom stereocenters. The Morgan fingerprint density at radius 3 is 3.00 bits per heavy atom. The molecule has 0 bridgehead atoms. The first kappa shape index (κ1) is 17.0. The highest BCUT2D eigenvalue weighted by Crippen LogP contribution is 2.21. The molecular formula is C18H23ClN4O. The van der Waals surface area contributed by atoms with Crippen LogP contribution >= 0.6 is 11.6 Å². The monoisotopic (exact) mass is 346 g/mol. The van der Waals surface area contributed by atoms with Gasteiger partial charge >= 0.3 is 0 Å². The van der Waals surface area contributed by atoms with Crippen LogP contribution in [0.2, 0.25) is 5.02 Å². The topological polar surface area (TPSA) is 50.2 Å². The summed E-state index contributed by atoms with van der Waals surface area (Å²) >= 11 is 6.07. The van der Waals surface area contributed by atoms with E-state index in [-0.39, 0.29) is 11.9 Å². The summed E-state index contributed by atoms with van der Waals surface area (Å²) in [7, 11) is 1.85. The number of halogens is 1. The number of hydrogen-bond acceptors (Lipinski definition) is 3. The summed E-state index contributed by atoms with van der Waals surface area (Å²) in [6, 6.07) is 7.77. The van der Waals surface area contributed by atoms with Crippen molar-refractivity contribution in [1.29, 1.82) is 0 Å². The molecular weight excluding hydrogens is 324 g/mol. The third kappa shape index (κ3) is 3.97. The zero-order valence-electron chi connectivity index (χ0n) is 13.9. The Morgan fingerprint density at radius 1 is 1.42 bits per heavy atom. The van der Waals surface area contributed by atoms with Gasteiger partial charge in [0.2, 0.25) is 0 Å². The minimum atomic E-state index is 0.0157. The number of aromatic nitrogens is 2. The Kier molecular flexibility index (Phi) is 5.53. The van der Waals surface area contributed by atoms with Crippen molar-refractivity contribution in [3.05, 3.63) is 53.1 Å². The summed E-state index contributed by atoms with van der Waals surface area (Å²) in [4.78, 5) is 19.6. The summed E-state index contributed by atoms with van der Waals surface area (Å²) in [6.07, 6.45) is 6.57. The van der Waals surface area contributed by atoms with Crippen LogP contribution in [0.5, 0.6) is 0 Å². The van der Waals surface area contributed by atoms with E-state index in [1.54, 1.807) is 23.0 Å². The second-order valence-electron chi connectivity index (χ2n) is 6.24. The number of carbonyl (C=O) groups excluding carboxylic acids is 1. The number of aryl methyl sites for hydroxylation is 1. The molecule has 0 radical (unpaired) electrons. The maximum atomic E-state index is 13.2. The highest BCUT2D eigenvalue weighted by Gasteiger charge is 2.27. The van der Waals surface area contributed by atoms with Gasteiger partial charge < -0.3 is 14.8 Å². The SMILES string of the molecule is Cn1cc(Cl)cc1C(=O)N(Cc1ccccn1)C1CCCNCC1. The van der Waals surface area contributed by atoms with Gasteiger partial charge in [-0.25, -0.2) is 0 Å². The molecule has 3 heterocycles. The number of nitrogens with one attached hydrogen (secondary N) is 1. The van der Waals surface area contributed by atoms with Crippen LogP contribution in [-0.2, 0) is 13.6 Å². The first-order chi connectivity index (χ1) is 11.6. The zero-order chi connectivity index (χ0) is 16.9. The van der Waals surface area contributed by atoms with Crippen molar-refractivity contribution < 1.29 is 4.79 Å². The summed E-state index contributed by atoms with van der Waals surface area (Å²) in [6.45, 7) is 2.47. The molecule has 0 saturated carbocycles. The second-order valence-corrected chi connectivity index (χ2v) is 6.68. The summed E-state index contributed by atoms with van der Waals surface area (Å²) in [5.74, 6) is 0.0157. The lowest BCUT2D eigenvalue weighted by molar-refractivity contribution is 0.0632. The molecule has 1 amide bonds. The Balaban J connectivity index is 1.88. The molecule has 128 valence electrons. The molecule has 0 aliphatic carbocycles. The van der Waals surface area contributed by atoms with E-state index in [1.807, 2.05) is 30.1 Å². The fourth-order valence-electron chi connectivity index (χ4n) is 3.23. The van der Waals surface area contributed by atoms with Gasteiger partial charge in [0.25, 0.3) is 5.91 Å². The van der Waals surface area contributed by atoms with Crippen LogP contribution in [0.25, 0.3) is 0 Å². The van der Waals surface area contributed by atoms with Crippen molar-refractivity contribution >= 4 is 17.5 Å². The fraction of sp³-hybridized carbons (Fsp3) is 0.444. The standard InChI is InChI=1S/C18H23ClN4O/c1-22-12-14(19)11-17(22)18(24)23(13-15-5-2-3-9-21-15)16-6-4-8-20-10-7-16/h2-3,5,9,11-12,16,20H,4,6-8,10,13H2,1H3. The van der Waals surface area contributed by atoms with Gasteiger partial charge in [-0.05, 0) is 50.6 Å². The second kappa shape index (κ2) is 7.81. The minimum absolute atomic E-state index is 0.0157. The molecule has 1 unspecified atom stereocenters. The Bertz CT molecular complexity index is 678. The van der Waals surface area contributed by atoms with E-state index < -0.39 is 0 Å². The number of pyridine rings is 1. The van der Waals surface area contributed by atoms with Gasteiger partial charge in [0.15, 0.2) is 0 Å². The number of hydrogen-bond donors (Lipinski definition) is 1. The summed E-state index contributed by atoms with van der Waals surface area (Å²) in [5, 5.41) is 3.99. The Labute approximate surface area is 147 Å². The van der Waals surface area contributed by atoms with Gasteiger partial charge in [-0.2, -0.15) is 0 Å². The smallest absolute Gasteiger partial charge is 0.271 e. The van der Waals surface area contributed by atoms with Crippen LogP contribution in [0, 0.1) is 0 Å². The zero-order valence-corrected chi connectivity index (χ0v) is 14.7. The predicted molar refractivity (Wildman–Crippen MR) is 95.0 cm³/mol. The lowest BCUT2D eigenvalue weighted by Gasteiger charge is -2.31. The van der Waals surface area contributed by atoms with Crippen molar-refractivity contribution in [2.24, 2.45) is 7.05 Å². The highest BCUT2D eigenvalue weighted by atomic mass is 35.5. The van der Waals surface area contributed by atoms with E-state index in [1.165, 1.54) is 0 Å². The predicted octanol–water partition coefficient (Wildman–Crippen LogP) is 2.86. The van der Waals surface area contributed by atoms with E-state index in [9.17, 15) is 4.79 Å². The first-order valence-electron chi connectivity index (χ1n) is 8.38. The van der Waals surface area contributed by atoms with Crippen LogP contribution < -0.4 is 5.32 Å². The molecule has 1 aliphatic rings. The molecule has 6 heteroatoms. The molecule has 3 rings (SSSR count). The van der Waals surface area contributed by atoms with E-state index in [0.717, 1.165) is 38.0 Å². The van der Waals surface area contributed by atoms with Gasteiger partial charge in [0.1, 0.15) is 5.69 Å². The van der Waals surface area contributed by atoms with E-state index in [2.05, 4.69) is 10.3 Å². The molecule has 0 aromatic carbocycles. The van der Waals surface area contributed by atoms with Crippen LogP contribution in [0.1, 0.15) is 35.4 Å². The molecule has 1 N–H and O–H groups in total. The van der Waals surface area contributed by atoms with Crippen LogP contribution in [0.3, 0.4) is 0 Å². The third-order valence-corrected chi connectivity index (χ3v) is 4.70. The lowest BCUT2D eigenvalue weighted by Crippen LogP contribution is -2.41. The average molecular weight is 347 g/mol. The van der Waals surface area contributed by atoms with Gasteiger partial charge in [-0.3, -0.25) is 9.78 Å². The van der Waals surface area contributed by atoms with Gasteiger partial charge in [0, 0.05) is 25.5 Å². The maximum Gasteiger partial charge on any atom is 0.271 e. The number of amides is 1. The number of rotatable bonds is 4. The largest absolute Gasteiger partial charge is 0.345 e. The van der Waals surface area contributed by atoms with Crippen molar-refractivity contribution in [2.45, 2.75) is 31.8 Å². The van der Waals surface area contributed by atoms with E-state index in [0.29, 0.717) is 17.3 Å². The molecule has 2 aromatic rings. The van der Waals surface area contributed by atoms with E-state index >= 15 is 0 Å². The van der Waals surface area contributed by atoms with Crippen molar-refractivity contribution in [3.8, 4) is 0 Å². The number of carbonyl (C=O) groups is 1. The molecule has 0 spiro atoms. The van der Waals surface area contributed by atoms with Gasteiger partial charge in [-0.15, -0.1) is 0 Å². The molecule has 1 fully saturated rings. The number of nitrogens with zero attached hydrogens (tertiary/aromatic N) is 3. The quantitative estimate of drug-likeness (QED) is 0.926. The van der Waals surface area contributed by atoms with E-state index in [4.69, 9.17) is 11.6 Å². The van der Waals surface area contributed by atoms with Gasteiger partial charge in [0.05, 0.1) is 17.3 Å². The highest BCUT2D eigenvalue weighted by molar-refractivity contribution is 6.31. The van der Waals surface area contributed by atoms with Crippen molar-refractivity contribution in [1.82, 2.24) is 19.8 Å². The molecule has 24 heavy (non-hydrogen) atoms. The first-order valence-corrected chi connectivity index (χ1v) is 8.76. The average Bonchev–Trinajstić information content (AvgIpc) is 2.79. The molecule has 5 nitrogen and oxygen atoms in total. The Hall–Kier alpha value is -1.85. The lowest BCUT2D eigenvalue weighted by atomic mass is 10.1.